The van der Waals surface area contributed by atoms with E-state index < -0.39 is 51.1 Å². The van der Waals surface area contributed by atoms with Crippen molar-refractivity contribution < 1.29 is 49.6 Å². The number of halogens is 7. The molecular formula is C27H22F7N5O4S. The maximum absolute atomic E-state index is 15.0. The number of aliphatic carboxylic acids is 1. The molecule has 1 heterocycles. The van der Waals surface area contributed by atoms with Gasteiger partial charge in [0.2, 0.25) is 0 Å². The molecule has 1 unspecified atom stereocenters. The Bertz CT molecular complexity index is 1800. The molecule has 0 aliphatic carbocycles. The van der Waals surface area contributed by atoms with Crippen LogP contribution in [0.15, 0.2) is 77.7 Å². The average Bonchev–Trinajstić information content (AvgIpc) is 3.40. The number of carboxylic acids is 1. The summed E-state index contributed by atoms with van der Waals surface area (Å²) in [5.74, 6) is -1.19. The molecule has 0 bridgehead atoms. The van der Waals surface area contributed by atoms with E-state index in [1.807, 2.05) is 0 Å². The molecule has 0 saturated heterocycles. The number of carbonyl (C=O) groups is 2. The van der Waals surface area contributed by atoms with Gasteiger partial charge in [-0.15, -0.1) is 0 Å². The topological polar surface area (TPSA) is 153 Å². The van der Waals surface area contributed by atoms with Gasteiger partial charge in [-0.05, 0) is 52.9 Å². The van der Waals surface area contributed by atoms with Gasteiger partial charge in [-0.25, -0.2) is 18.1 Å². The van der Waals surface area contributed by atoms with E-state index in [2.05, 4.69) is 16.3 Å². The van der Waals surface area contributed by atoms with E-state index in [-0.39, 0.29) is 22.8 Å². The molecule has 0 aliphatic heterocycles. The molecule has 0 spiro atoms. The summed E-state index contributed by atoms with van der Waals surface area (Å²) in [4.78, 5) is 22.1. The summed E-state index contributed by atoms with van der Waals surface area (Å²) in [6.45, 7) is 0.122. The largest absolute Gasteiger partial charge is 0.490 e. The number of carbonyl (C=O) groups excluding carboxylic acids is 1. The normalized spacial score (nSPS) is 12.9. The summed E-state index contributed by atoms with van der Waals surface area (Å²) in [6.07, 6.45) is -9.90. The van der Waals surface area contributed by atoms with Crippen molar-refractivity contribution >= 4 is 33.1 Å². The first-order valence-corrected chi connectivity index (χ1v) is 13.7. The van der Waals surface area contributed by atoms with Gasteiger partial charge in [0.15, 0.2) is 5.69 Å². The molecule has 1 amide bonds. The molecule has 234 valence electrons. The van der Waals surface area contributed by atoms with Crippen molar-refractivity contribution in [2.75, 3.05) is 5.32 Å². The number of carboxylic acid groups (broad SMARTS) is 1. The molecule has 0 saturated carbocycles. The van der Waals surface area contributed by atoms with Crippen LogP contribution in [-0.4, -0.2) is 43.0 Å². The van der Waals surface area contributed by atoms with Gasteiger partial charge in [-0.1, -0.05) is 36.4 Å². The van der Waals surface area contributed by atoms with Crippen LogP contribution in [0, 0.1) is 5.82 Å². The lowest BCUT2D eigenvalue weighted by Gasteiger charge is -2.13. The maximum atomic E-state index is 15.0. The van der Waals surface area contributed by atoms with Gasteiger partial charge >= 0.3 is 18.3 Å². The Morgan fingerprint density at radius 1 is 0.977 bits per heavy atom. The molecule has 6 N–H and O–H groups in total. The number of nitrogens with two attached hydrogens (primary N) is 2. The minimum Gasteiger partial charge on any atom is -0.475 e. The number of anilines is 1. The van der Waals surface area contributed by atoms with Crippen molar-refractivity contribution in [2.24, 2.45) is 10.9 Å². The van der Waals surface area contributed by atoms with Gasteiger partial charge in [-0.3, -0.25) is 9.93 Å². The number of benzene rings is 3. The third-order valence-electron chi connectivity index (χ3n) is 5.65. The Kier molecular flexibility index (Phi) is 9.87. The average molecular weight is 646 g/mol. The van der Waals surface area contributed by atoms with Crippen LogP contribution in [0.3, 0.4) is 0 Å². The highest BCUT2D eigenvalue weighted by atomic mass is 32.2. The number of aromatic nitrogens is 2. The molecule has 3 aromatic carbocycles. The Labute approximate surface area is 245 Å². The summed E-state index contributed by atoms with van der Waals surface area (Å²) in [5.41, 5.74) is 5.06. The first kappa shape index (κ1) is 33.8. The summed E-state index contributed by atoms with van der Waals surface area (Å²) < 4.78 is 100. The predicted molar refractivity (Wildman–Crippen MR) is 148 cm³/mol. The number of hydrogen-bond acceptors (Lipinski definition) is 5. The van der Waals surface area contributed by atoms with Crippen LogP contribution in [0.25, 0.3) is 16.8 Å². The minimum atomic E-state index is -5.08. The van der Waals surface area contributed by atoms with E-state index in [0.29, 0.717) is 22.8 Å². The lowest BCUT2D eigenvalue weighted by Crippen LogP contribution is -2.21. The fraction of sp³-hybridized carbons (Fsp3) is 0.111. The summed E-state index contributed by atoms with van der Waals surface area (Å²) >= 11 is 0. The maximum Gasteiger partial charge on any atom is 0.490 e. The summed E-state index contributed by atoms with van der Waals surface area (Å²) in [7, 11) is -3.11. The number of rotatable bonds is 6. The molecule has 0 radical (unpaired) electrons. The van der Waals surface area contributed by atoms with Gasteiger partial charge in [0.05, 0.1) is 26.0 Å². The monoisotopic (exact) mass is 645 g/mol. The fourth-order valence-corrected chi connectivity index (χ4v) is 4.54. The Morgan fingerprint density at radius 2 is 1.61 bits per heavy atom. The van der Waals surface area contributed by atoms with E-state index in [9.17, 15) is 35.3 Å². The Hall–Kier alpha value is -4.74. The van der Waals surface area contributed by atoms with Gasteiger partial charge in [0, 0.05) is 12.6 Å². The number of amides is 1. The molecule has 4 rings (SSSR count). The summed E-state index contributed by atoms with van der Waals surface area (Å²) in [6, 6.07) is 16.9. The summed E-state index contributed by atoms with van der Waals surface area (Å²) in [5, 5.41) is 18.6. The highest BCUT2D eigenvalue weighted by Crippen LogP contribution is 2.32. The van der Waals surface area contributed by atoms with E-state index in [0.717, 1.165) is 10.7 Å². The number of hydrogen-bond donors (Lipinski definition) is 4. The van der Waals surface area contributed by atoms with Gasteiger partial charge < -0.3 is 16.2 Å². The van der Waals surface area contributed by atoms with Crippen molar-refractivity contribution in [3.8, 4) is 16.8 Å². The lowest BCUT2D eigenvalue weighted by atomic mass is 10.0. The van der Waals surface area contributed by atoms with Crippen LogP contribution in [0.5, 0.6) is 0 Å². The van der Waals surface area contributed by atoms with Crippen LogP contribution >= 0.6 is 0 Å². The number of nitrogens with zero attached hydrogens (tertiary/aromatic N) is 2. The van der Waals surface area contributed by atoms with Crippen LogP contribution in [-0.2, 0) is 27.2 Å². The molecule has 1 atom stereocenters. The zero-order valence-corrected chi connectivity index (χ0v) is 22.9. The highest BCUT2D eigenvalue weighted by molar-refractivity contribution is 7.98. The van der Waals surface area contributed by atoms with Crippen molar-refractivity contribution in [1.82, 2.24) is 9.78 Å². The molecule has 0 fully saturated rings. The first-order chi connectivity index (χ1) is 20.3. The third-order valence-corrected chi connectivity index (χ3v) is 6.75. The zero-order valence-electron chi connectivity index (χ0n) is 22.1. The van der Waals surface area contributed by atoms with E-state index in [1.165, 1.54) is 30.3 Å². The van der Waals surface area contributed by atoms with Crippen molar-refractivity contribution in [2.45, 2.75) is 23.8 Å². The van der Waals surface area contributed by atoms with Crippen LogP contribution in [0.4, 0.5) is 36.4 Å². The minimum absolute atomic E-state index is 0.122. The quantitative estimate of drug-likeness (QED) is 0.171. The number of alkyl halides is 6. The Morgan fingerprint density at radius 3 is 2.16 bits per heavy atom. The third kappa shape index (κ3) is 8.21. The second-order valence-corrected chi connectivity index (χ2v) is 10.8. The lowest BCUT2D eigenvalue weighted by molar-refractivity contribution is -0.192. The first-order valence-electron chi connectivity index (χ1n) is 11.9. The van der Waals surface area contributed by atoms with E-state index >= 15 is 4.39 Å². The SMILES string of the molecule is C=S(N)(=O)c1ccccc1-c1ccc(NC(=O)c2cc(C(F)(F)F)nn2-c2cccc(CN)c2)c(F)c1.O=C(O)C(F)(F)F. The van der Waals surface area contributed by atoms with Gasteiger partial charge in [0.1, 0.15) is 11.5 Å². The fourth-order valence-electron chi connectivity index (χ4n) is 3.67. The van der Waals surface area contributed by atoms with E-state index in [1.54, 1.807) is 30.3 Å². The molecule has 0 aliphatic rings. The predicted octanol–water partition coefficient (Wildman–Crippen LogP) is 4.99. The Balaban J connectivity index is 0.000000676. The smallest absolute Gasteiger partial charge is 0.475 e. The van der Waals surface area contributed by atoms with Crippen LogP contribution in [0.2, 0.25) is 0 Å². The second kappa shape index (κ2) is 12.9. The van der Waals surface area contributed by atoms with Crippen molar-refractivity contribution in [3.63, 3.8) is 0 Å². The molecule has 1 aromatic heterocycles. The van der Waals surface area contributed by atoms with Crippen molar-refractivity contribution in [1.29, 1.82) is 0 Å². The highest BCUT2D eigenvalue weighted by Gasteiger charge is 2.38. The molecule has 17 heteroatoms. The molecule has 44 heavy (non-hydrogen) atoms. The van der Waals surface area contributed by atoms with Crippen LogP contribution < -0.4 is 16.2 Å². The number of nitrogens with one attached hydrogen (secondary N) is 1. The zero-order chi connectivity index (χ0) is 33.0. The van der Waals surface area contributed by atoms with Crippen LogP contribution in [0.1, 0.15) is 21.7 Å². The molecular weight excluding hydrogens is 623 g/mol. The van der Waals surface area contributed by atoms with Gasteiger partial charge in [0.25, 0.3) is 5.91 Å². The van der Waals surface area contributed by atoms with E-state index in [4.69, 9.17) is 20.8 Å². The van der Waals surface area contributed by atoms with Crippen molar-refractivity contribution in [3.05, 3.63) is 95.6 Å². The standard InChI is InChI=1S/C25H21F4N5O2S.C2HF3O2/c1-37(31,36)22-8-3-2-7-18(22)16-9-10-20(19(26)12-16)32-24(35)21-13-23(25(27,28)29)33-34(21)17-6-4-5-15(11-17)14-30;3-2(4,5)1(6)7/h2-13H,1,14,30H2,(H2,31,36)(H,32,35);(H,6,7). The second-order valence-electron chi connectivity index (χ2n) is 8.87. The van der Waals surface area contributed by atoms with Gasteiger partial charge in [-0.2, -0.15) is 31.4 Å². The molecule has 4 aromatic rings. The molecule has 9 nitrogen and oxygen atoms in total.